The van der Waals surface area contributed by atoms with Gasteiger partial charge in [0.15, 0.2) is 5.22 Å². The number of hydrogen-bond donors (Lipinski definition) is 0. The van der Waals surface area contributed by atoms with Crippen molar-refractivity contribution in [1.29, 1.82) is 0 Å². The van der Waals surface area contributed by atoms with E-state index in [1.165, 1.54) is 0 Å². The van der Waals surface area contributed by atoms with Crippen molar-refractivity contribution in [2.24, 2.45) is 0 Å². The van der Waals surface area contributed by atoms with Crippen molar-refractivity contribution >= 4 is 23.2 Å². The first-order chi connectivity index (χ1) is 10.2. The van der Waals surface area contributed by atoms with Gasteiger partial charge in [0.2, 0.25) is 0 Å². The van der Waals surface area contributed by atoms with Gasteiger partial charge in [0.05, 0.1) is 0 Å². The van der Waals surface area contributed by atoms with Gasteiger partial charge in [0.1, 0.15) is 22.6 Å². The standard InChI is InChI=1S/C17H12Cl2O2/c18-16-11-10-15(21-16)17(19)12-6-8-14(9-7-12)20-13-4-2-1-3-5-13/h1-11,17H. The Bertz CT molecular complexity index is 705. The Kier molecular flexibility index (Phi) is 4.18. The molecule has 0 N–H and O–H groups in total. The zero-order valence-electron chi connectivity index (χ0n) is 11.0. The highest BCUT2D eigenvalue weighted by atomic mass is 35.5. The van der Waals surface area contributed by atoms with E-state index in [2.05, 4.69) is 0 Å². The first-order valence-corrected chi connectivity index (χ1v) is 7.26. The summed E-state index contributed by atoms with van der Waals surface area (Å²) in [6, 6.07) is 20.6. The molecule has 3 aromatic rings. The molecular formula is C17H12Cl2O2. The van der Waals surface area contributed by atoms with E-state index in [-0.39, 0.29) is 5.38 Å². The highest BCUT2D eigenvalue weighted by Crippen LogP contribution is 2.32. The molecule has 0 bridgehead atoms. The van der Waals surface area contributed by atoms with E-state index in [1.807, 2.05) is 54.6 Å². The Balaban J connectivity index is 1.75. The fourth-order valence-electron chi connectivity index (χ4n) is 1.96. The van der Waals surface area contributed by atoms with Gasteiger partial charge >= 0.3 is 0 Å². The maximum Gasteiger partial charge on any atom is 0.193 e. The average Bonchev–Trinajstić information content (AvgIpc) is 2.95. The Morgan fingerprint density at radius 3 is 2.10 bits per heavy atom. The highest BCUT2D eigenvalue weighted by Gasteiger charge is 2.14. The van der Waals surface area contributed by atoms with Crippen LogP contribution in [-0.2, 0) is 0 Å². The topological polar surface area (TPSA) is 22.4 Å². The Morgan fingerprint density at radius 2 is 1.48 bits per heavy atom. The lowest BCUT2D eigenvalue weighted by Crippen LogP contribution is -1.91. The van der Waals surface area contributed by atoms with Gasteiger partial charge in [0, 0.05) is 0 Å². The molecule has 1 aromatic heterocycles. The summed E-state index contributed by atoms with van der Waals surface area (Å²) in [5.74, 6) is 2.18. The molecule has 2 aromatic carbocycles. The fraction of sp³-hybridized carbons (Fsp3) is 0.0588. The first-order valence-electron chi connectivity index (χ1n) is 6.44. The van der Waals surface area contributed by atoms with Crippen LogP contribution in [-0.4, -0.2) is 0 Å². The highest BCUT2D eigenvalue weighted by molar-refractivity contribution is 6.29. The van der Waals surface area contributed by atoms with Crippen LogP contribution >= 0.6 is 23.2 Å². The molecule has 2 nitrogen and oxygen atoms in total. The van der Waals surface area contributed by atoms with Gasteiger partial charge < -0.3 is 9.15 Å². The molecule has 0 spiro atoms. The maximum atomic E-state index is 6.36. The van der Waals surface area contributed by atoms with Crippen LogP contribution in [0.1, 0.15) is 16.7 Å². The second-order valence-corrected chi connectivity index (χ2v) is 5.30. The summed E-state index contributed by atoms with van der Waals surface area (Å²) < 4.78 is 11.1. The second-order valence-electron chi connectivity index (χ2n) is 4.49. The van der Waals surface area contributed by atoms with E-state index in [0.29, 0.717) is 11.0 Å². The lowest BCUT2D eigenvalue weighted by molar-refractivity contribution is 0.482. The van der Waals surface area contributed by atoms with Gasteiger partial charge in [-0.25, -0.2) is 0 Å². The van der Waals surface area contributed by atoms with Crippen molar-refractivity contribution in [1.82, 2.24) is 0 Å². The van der Waals surface area contributed by atoms with E-state index in [0.717, 1.165) is 17.1 Å². The van der Waals surface area contributed by atoms with Gasteiger partial charge in [-0.05, 0) is 53.6 Å². The summed E-state index contributed by atoms with van der Waals surface area (Å²) in [5, 5.41) is -0.0389. The fourth-order valence-corrected chi connectivity index (χ4v) is 2.37. The molecule has 106 valence electrons. The average molecular weight is 319 g/mol. The molecule has 0 radical (unpaired) electrons. The zero-order chi connectivity index (χ0) is 14.7. The van der Waals surface area contributed by atoms with Crippen molar-refractivity contribution in [3.8, 4) is 11.5 Å². The molecule has 21 heavy (non-hydrogen) atoms. The third kappa shape index (κ3) is 3.41. The van der Waals surface area contributed by atoms with E-state index >= 15 is 0 Å². The van der Waals surface area contributed by atoms with Crippen LogP contribution in [0.2, 0.25) is 5.22 Å². The van der Waals surface area contributed by atoms with Crippen LogP contribution in [0.15, 0.2) is 71.1 Å². The summed E-state index contributed by atoms with van der Waals surface area (Å²) in [5.41, 5.74) is 0.920. The molecule has 0 aliphatic heterocycles. The third-order valence-electron chi connectivity index (χ3n) is 3.00. The number of ether oxygens (including phenoxy) is 1. The van der Waals surface area contributed by atoms with E-state index < -0.39 is 0 Å². The summed E-state index contributed by atoms with van der Waals surface area (Å²) in [4.78, 5) is 0. The molecular weight excluding hydrogens is 307 g/mol. The smallest absolute Gasteiger partial charge is 0.193 e. The quantitative estimate of drug-likeness (QED) is 0.546. The molecule has 0 aliphatic rings. The first kappa shape index (κ1) is 14.1. The van der Waals surface area contributed by atoms with Crippen molar-refractivity contribution in [3.05, 3.63) is 83.3 Å². The van der Waals surface area contributed by atoms with Gasteiger partial charge in [-0.15, -0.1) is 11.6 Å². The van der Waals surface area contributed by atoms with Crippen molar-refractivity contribution in [3.63, 3.8) is 0 Å². The van der Waals surface area contributed by atoms with Crippen LogP contribution < -0.4 is 4.74 Å². The molecule has 1 atom stereocenters. The van der Waals surface area contributed by atoms with E-state index in [9.17, 15) is 0 Å². The monoisotopic (exact) mass is 318 g/mol. The maximum absolute atomic E-state index is 6.36. The Hall–Kier alpha value is -1.90. The second kappa shape index (κ2) is 6.25. The van der Waals surface area contributed by atoms with Gasteiger partial charge in [-0.1, -0.05) is 30.3 Å². The molecule has 1 heterocycles. The number of hydrogen-bond acceptors (Lipinski definition) is 2. The number of alkyl halides is 1. The number of rotatable bonds is 4. The van der Waals surface area contributed by atoms with Crippen LogP contribution in [0.4, 0.5) is 0 Å². The number of para-hydroxylation sites is 1. The molecule has 1 unspecified atom stereocenters. The SMILES string of the molecule is Clc1ccc(C(Cl)c2ccc(Oc3ccccc3)cc2)o1. The van der Waals surface area contributed by atoms with E-state index in [1.54, 1.807) is 12.1 Å². The zero-order valence-corrected chi connectivity index (χ0v) is 12.5. The number of benzene rings is 2. The molecule has 3 rings (SSSR count). The summed E-state index contributed by atoms with van der Waals surface area (Å²) in [7, 11) is 0. The Labute approximate surface area is 132 Å². The minimum Gasteiger partial charge on any atom is -0.457 e. The minimum absolute atomic E-state index is 0.333. The molecule has 4 heteroatoms. The summed E-state index contributed by atoms with van der Waals surface area (Å²) in [6.07, 6.45) is 0. The van der Waals surface area contributed by atoms with Crippen molar-refractivity contribution in [2.45, 2.75) is 5.38 Å². The molecule has 0 saturated carbocycles. The van der Waals surface area contributed by atoms with Gasteiger partial charge in [-0.3, -0.25) is 0 Å². The van der Waals surface area contributed by atoms with Crippen LogP contribution in [0, 0.1) is 0 Å². The lowest BCUT2D eigenvalue weighted by atomic mass is 10.1. The molecule has 0 aliphatic carbocycles. The Morgan fingerprint density at radius 1 is 0.810 bits per heavy atom. The lowest BCUT2D eigenvalue weighted by Gasteiger charge is -2.09. The molecule has 0 amide bonds. The molecule has 0 saturated heterocycles. The summed E-state index contributed by atoms with van der Waals surface area (Å²) >= 11 is 12.1. The van der Waals surface area contributed by atoms with Gasteiger partial charge in [0.25, 0.3) is 0 Å². The largest absolute Gasteiger partial charge is 0.457 e. The number of halogens is 2. The van der Waals surface area contributed by atoms with Crippen molar-refractivity contribution in [2.75, 3.05) is 0 Å². The summed E-state index contributed by atoms with van der Waals surface area (Å²) in [6.45, 7) is 0. The normalized spacial score (nSPS) is 12.1. The predicted molar refractivity (Wildman–Crippen MR) is 84.4 cm³/mol. The van der Waals surface area contributed by atoms with Crippen molar-refractivity contribution < 1.29 is 9.15 Å². The minimum atomic E-state index is -0.372. The number of furan rings is 1. The van der Waals surface area contributed by atoms with Crippen LogP contribution in [0.25, 0.3) is 0 Å². The van der Waals surface area contributed by atoms with Gasteiger partial charge in [-0.2, -0.15) is 0 Å². The molecule has 0 fully saturated rings. The van der Waals surface area contributed by atoms with E-state index in [4.69, 9.17) is 32.4 Å². The van der Waals surface area contributed by atoms with Crippen LogP contribution in [0.3, 0.4) is 0 Å². The third-order valence-corrected chi connectivity index (χ3v) is 3.67. The van der Waals surface area contributed by atoms with Crippen LogP contribution in [0.5, 0.6) is 11.5 Å². The predicted octanol–water partition coefficient (Wildman–Crippen LogP) is 6.05.